The van der Waals surface area contributed by atoms with Gasteiger partial charge in [-0.1, -0.05) is 6.07 Å². The summed E-state index contributed by atoms with van der Waals surface area (Å²) < 4.78 is 23.0. The Bertz CT molecular complexity index is 830. The van der Waals surface area contributed by atoms with E-state index in [1.807, 2.05) is 0 Å². The van der Waals surface area contributed by atoms with Crippen LogP contribution >= 0.6 is 0 Å². The fraction of sp³-hybridized carbons (Fsp3) is 0.235. The predicted molar refractivity (Wildman–Crippen MR) is 84.5 cm³/mol. The molecule has 2 aromatic rings. The average molecular weight is 333 g/mol. The van der Waals surface area contributed by atoms with Crippen molar-refractivity contribution in [3.8, 4) is 0 Å². The van der Waals surface area contributed by atoms with Crippen molar-refractivity contribution in [2.24, 2.45) is 0 Å². The second-order valence-corrected chi connectivity index (χ2v) is 5.26. The van der Waals surface area contributed by atoms with Gasteiger partial charge in [0.15, 0.2) is 6.61 Å². The minimum absolute atomic E-state index is 0.101. The van der Waals surface area contributed by atoms with Crippen LogP contribution in [0.2, 0.25) is 0 Å². The molecule has 1 heterocycles. The molecule has 0 radical (unpaired) electrons. The normalized spacial score (nSPS) is 10.3. The van der Waals surface area contributed by atoms with Crippen LogP contribution in [-0.2, 0) is 9.53 Å². The van der Waals surface area contributed by atoms with Gasteiger partial charge in [0.25, 0.3) is 5.91 Å². The van der Waals surface area contributed by atoms with E-state index in [0.29, 0.717) is 16.8 Å². The molecule has 1 N–H and O–H groups in total. The molecular formula is C17H16FNO5. The lowest BCUT2D eigenvalue weighted by molar-refractivity contribution is -0.119. The fourth-order valence-corrected chi connectivity index (χ4v) is 2.18. The van der Waals surface area contributed by atoms with Gasteiger partial charge in [-0.05, 0) is 44.0 Å². The van der Waals surface area contributed by atoms with Crippen LogP contribution in [0.15, 0.2) is 33.5 Å². The number of aryl methyl sites for hydroxylation is 3. The molecular weight excluding hydrogens is 317 g/mol. The number of hydrogen-bond donors (Lipinski definition) is 1. The van der Waals surface area contributed by atoms with Crippen LogP contribution in [0, 0.1) is 26.6 Å². The quantitative estimate of drug-likeness (QED) is 0.869. The van der Waals surface area contributed by atoms with Crippen molar-refractivity contribution in [3.05, 3.63) is 63.0 Å². The average Bonchev–Trinajstić information content (AvgIpc) is 2.48. The van der Waals surface area contributed by atoms with Gasteiger partial charge in [-0.2, -0.15) is 0 Å². The Morgan fingerprint density at radius 1 is 1.17 bits per heavy atom. The molecule has 1 aromatic carbocycles. The highest BCUT2D eigenvalue weighted by atomic mass is 19.1. The molecule has 24 heavy (non-hydrogen) atoms. The second-order valence-electron chi connectivity index (χ2n) is 5.26. The van der Waals surface area contributed by atoms with Crippen LogP contribution in [0.1, 0.15) is 27.2 Å². The number of rotatable bonds is 4. The van der Waals surface area contributed by atoms with Gasteiger partial charge in [0, 0.05) is 11.8 Å². The SMILES string of the molecule is Cc1ccc(F)cc1NC(=O)COC(=O)c1c(C)cc(=O)oc1C. The maximum atomic E-state index is 13.2. The van der Waals surface area contributed by atoms with Crippen LogP contribution in [-0.4, -0.2) is 18.5 Å². The Morgan fingerprint density at radius 3 is 2.54 bits per heavy atom. The molecule has 0 aliphatic rings. The summed E-state index contributed by atoms with van der Waals surface area (Å²) in [5, 5.41) is 2.47. The highest BCUT2D eigenvalue weighted by Gasteiger charge is 2.18. The van der Waals surface area contributed by atoms with Crippen molar-refractivity contribution in [1.29, 1.82) is 0 Å². The molecule has 0 saturated heterocycles. The van der Waals surface area contributed by atoms with Crippen LogP contribution in [0.3, 0.4) is 0 Å². The van der Waals surface area contributed by atoms with E-state index in [-0.39, 0.29) is 11.3 Å². The number of amides is 1. The molecule has 0 saturated carbocycles. The molecule has 0 atom stereocenters. The first-order valence-corrected chi connectivity index (χ1v) is 7.12. The summed E-state index contributed by atoms with van der Waals surface area (Å²) in [5.41, 5.74) is 0.905. The third kappa shape index (κ3) is 4.07. The number of esters is 1. The van der Waals surface area contributed by atoms with Gasteiger partial charge in [0.2, 0.25) is 0 Å². The standard InChI is InChI=1S/C17H16FNO5/c1-9-4-5-12(18)7-13(9)19-14(20)8-23-17(22)16-10(2)6-15(21)24-11(16)3/h4-7H,8H2,1-3H3,(H,19,20). The molecule has 0 fully saturated rings. The minimum atomic E-state index is -0.778. The molecule has 0 bridgehead atoms. The molecule has 0 aliphatic carbocycles. The zero-order valence-electron chi connectivity index (χ0n) is 13.4. The van der Waals surface area contributed by atoms with Crippen LogP contribution in [0.5, 0.6) is 0 Å². The van der Waals surface area contributed by atoms with Gasteiger partial charge in [-0.25, -0.2) is 14.0 Å². The summed E-state index contributed by atoms with van der Waals surface area (Å²) in [7, 11) is 0. The van der Waals surface area contributed by atoms with Gasteiger partial charge < -0.3 is 14.5 Å². The lowest BCUT2D eigenvalue weighted by Gasteiger charge is -2.10. The number of nitrogens with one attached hydrogen (secondary N) is 1. The minimum Gasteiger partial charge on any atom is -0.452 e. The number of halogens is 1. The Kier molecular flexibility index (Phi) is 5.13. The van der Waals surface area contributed by atoms with Crippen molar-refractivity contribution in [2.45, 2.75) is 20.8 Å². The predicted octanol–water partition coefficient (Wildman–Crippen LogP) is 2.50. The van der Waals surface area contributed by atoms with Gasteiger partial charge in [-0.15, -0.1) is 0 Å². The van der Waals surface area contributed by atoms with Gasteiger partial charge in [0.1, 0.15) is 17.1 Å². The zero-order chi connectivity index (χ0) is 17.9. The van der Waals surface area contributed by atoms with Gasteiger partial charge in [0.05, 0.1) is 0 Å². The number of carbonyl (C=O) groups excluding carboxylic acids is 2. The highest BCUT2D eigenvalue weighted by molar-refractivity contribution is 5.96. The molecule has 0 unspecified atom stereocenters. The van der Waals surface area contributed by atoms with E-state index in [1.54, 1.807) is 13.8 Å². The Balaban J connectivity index is 2.03. The van der Waals surface area contributed by atoms with Gasteiger partial charge >= 0.3 is 11.6 Å². The molecule has 6 nitrogen and oxygen atoms in total. The molecule has 0 aliphatic heterocycles. The number of anilines is 1. The largest absolute Gasteiger partial charge is 0.452 e. The Morgan fingerprint density at radius 2 is 1.88 bits per heavy atom. The van der Waals surface area contributed by atoms with Crippen LogP contribution in [0.25, 0.3) is 0 Å². The number of benzene rings is 1. The van der Waals surface area contributed by atoms with E-state index in [0.717, 1.165) is 0 Å². The summed E-state index contributed by atoms with van der Waals surface area (Å²) in [6.07, 6.45) is 0. The smallest absolute Gasteiger partial charge is 0.342 e. The van der Waals surface area contributed by atoms with E-state index in [4.69, 9.17) is 9.15 Å². The Hall–Kier alpha value is -2.96. The monoisotopic (exact) mass is 333 g/mol. The van der Waals surface area contributed by atoms with Crippen molar-refractivity contribution < 1.29 is 23.1 Å². The summed E-state index contributed by atoms with van der Waals surface area (Å²) >= 11 is 0. The molecule has 1 amide bonds. The van der Waals surface area contributed by atoms with Crippen molar-refractivity contribution in [2.75, 3.05) is 11.9 Å². The Labute approximate surface area is 137 Å². The maximum absolute atomic E-state index is 13.2. The number of hydrogen-bond acceptors (Lipinski definition) is 5. The fourth-order valence-electron chi connectivity index (χ4n) is 2.18. The van der Waals surface area contributed by atoms with E-state index < -0.39 is 29.9 Å². The first kappa shape index (κ1) is 17.4. The van der Waals surface area contributed by atoms with Crippen molar-refractivity contribution >= 4 is 17.6 Å². The van der Waals surface area contributed by atoms with E-state index >= 15 is 0 Å². The zero-order valence-corrected chi connectivity index (χ0v) is 13.4. The summed E-state index contributed by atoms with van der Waals surface area (Å²) in [6.45, 7) is 4.18. The third-order valence-electron chi connectivity index (χ3n) is 3.35. The number of carbonyl (C=O) groups is 2. The first-order valence-electron chi connectivity index (χ1n) is 7.12. The lowest BCUT2D eigenvalue weighted by atomic mass is 10.1. The van der Waals surface area contributed by atoms with Crippen LogP contribution in [0.4, 0.5) is 10.1 Å². The topological polar surface area (TPSA) is 85.6 Å². The maximum Gasteiger partial charge on any atom is 0.342 e. The molecule has 7 heteroatoms. The van der Waals surface area contributed by atoms with Crippen molar-refractivity contribution in [3.63, 3.8) is 0 Å². The molecule has 126 valence electrons. The first-order chi connectivity index (χ1) is 11.3. The highest BCUT2D eigenvalue weighted by Crippen LogP contribution is 2.16. The van der Waals surface area contributed by atoms with Crippen molar-refractivity contribution in [1.82, 2.24) is 0 Å². The molecule has 1 aromatic heterocycles. The van der Waals surface area contributed by atoms with E-state index in [2.05, 4.69) is 5.32 Å². The second kappa shape index (κ2) is 7.08. The van der Waals surface area contributed by atoms with Crippen LogP contribution < -0.4 is 10.9 Å². The number of ether oxygens (including phenoxy) is 1. The molecule has 0 spiro atoms. The summed E-state index contributed by atoms with van der Waals surface area (Å²) in [6, 6.07) is 5.14. The summed E-state index contributed by atoms with van der Waals surface area (Å²) in [5.74, 6) is -1.76. The van der Waals surface area contributed by atoms with E-state index in [1.165, 1.54) is 31.2 Å². The van der Waals surface area contributed by atoms with Gasteiger partial charge in [-0.3, -0.25) is 4.79 Å². The third-order valence-corrected chi connectivity index (χ3v) is 3.35. The lowest BCUT2D eigenvalue weighted by Crippen LogP contribution is -2.22. The van der Waals surface area contributed by atoms with E-state index in [9.17, 15) is 18.8 Å². The summed E-state index contributed by atoms with van der Waals surface area (Å²) in [4.78, 5) is 35.1. The molecule has 2 rings (SSSR count).